The number of carbonyl (C=O) groups excluding carboxylic acids is 1. The standard InChI is InChI=1S/C20H25ClN4O2/c1-13(18-23-19(24-27-18)20(2,3)4)22-17(26)6-5-10-25-11-9-14-12-15(21)7-8-16(14)25/h7-9,11-13H,5-6,10H2,1-4H3,(H,22,26)/t13-/m1/s1. The summed E-state index contributed by atoms with van der Waals surface area (Å²) >= 11 is 6.02. The summed E-state index contributed by atoms with van der Waals surface area (Å²) in [6.07, 6.45) is 3.19. The van der Waals surface area contributed by atoms with Crippen molar-refractivity contribution in [2.45, 2.75) is 58.5 Å². The lowest BCUT2D eigenvalue weighted by Gasteiger charge is -2.12. The van der Waals surface area contributed by atoms with Crippen molar-refractivity contribution in [3.05, 3.63) is 47.2 Å². The third kappa shape index (κ3) is 4.69. The van der Waals surface area contributed by atoms with Crippen LogP contribution < -0.4 is 5.32 Å². The Morgan fingerprint density at radius 3 is 2.81 bits per heavy atom. The van der Waals surface area contributed by atoms with Gasteiger partial charge in [-0.25, -0.2) is 0 Å². The summed E-state index contributed by atoms with van der Waals surface area (Å²) in [5.41, 5.74) is 0.934. The van der Waals surface area contributed by atoms with Gasteiger partial charge in [-0.3, -0.25) is 4.79 Å². The van der Waals surface area contributed by atoms with Gasteiger partial charge in [0.05, 0.1) is 0 Å². The molecule has 7 heteroatoms. The predicted molar refractivity (Wildman–Crippen MR) is 106 cm³/mol. The van der Waals surface area contributed by atoms with Crippen LogP contribution >= 0.6 is 11.6 Å². The van der Waals surface area contributed by atoms with Crippen LogP contribution in [-0.2, 0) is 16.8 Å². The Balaban J connectivity index is 1.51. The van der Waals surface area contributed by atoms with E-state index in [4.69, 9.17) is 16.1 Å². The molecule has 0 saturated carbocycles. The first kappa shape index (κ1) is 19.4. The van der Waals surface area contributed by atoms with Crippen molar-refractivity contribution >= 4 is 28.4 Å². The first-order chi connectivity index (χ1) is 12.7. The van der Waals surface area contributed by atoms with E-state index in [9.17, 15) is 4.79 Å². The number of aromatic nitrogens is 3. The molecule has 1 aromatic carbocycles. The normalized spacial score (nSPS) is 13.1. The number of hydrogen-bond donors (Lipinski definition) is 1. The number of aryl methyl sites for hydroxylation is 1. The van der Waals surface area contributed by atoms with Crippen LogP contribution in [0.2, 0.25) is 5.02 Å². The molecule has 2 aromatic heterocycles. The second-order valence-corrected chi connectivity index (χ2v) is 8.25. The predicted octanol–water partition coefficient (Wildman–Crippen LogP) is 4.63. The van der Waals surface area contributed by atoms with Gasteiger partial charge in [0.1, 0.15) is 6.04 Å². The molecule has 6 nitrogen and oxygen atoms in total. The first-order valence-electron chi connectivity index (χ1n) is 9.12. The van der Waals surface area contributed by atoms with E-state index in [-0.39, 0.29) is 17.4 Å². The smallest absolute Gasteiger partial charge is 0.248 e. The number of amides is 1. The molecule has 1 amide bonds. The molecule has 2 heterocycles. The molecule has 1 N–H and O–H groups in total. The first-order valence-corrected chi connectivity index (χ1v) is 9.49. The lowest BCUT2D eigenvalue weighted by molar-refractivity contribution is -0.122. The number of nitrogens with zero attached hydrogens (tertiary/aromatic N) is 3. The zero-order chi connectivity index (χ0) is 19.6. The zero-order valence-corrected chi connectivity index (χ0v) is 16.9. The molecule has 0 fully saturated rings. The summed E-state index contributed by atoms with van der Waals surface area (Å²) < 4.78 is 7.42. The van der Waals surface area contributed by atoms with E-state index >= 15 is 0 Å². The maximum absolute atomic E-state index is 12.2. The van der Waals surface area contributed by atoms with E-state index in [1.54, 1.807) is 0 Å². The second kappa shape index (κ2) is 7.72. The maximum atomic E-state index is 12.2. The van der Waals surface area contributed by atoms with Gasteiger partial charge in [-0.2, -0.15) is 4.98 Å². The lowest BCUT2D eigenvalue weighted by atomic mass is 9.96. The van der Waals surface area contributed by atoms with Crippen molar-refractivity contribution < 1.29 is 9.32 Å². The van der Waals surface area contributed by atoms with E-state index in [1.165, 1.54) is 0 Å². The maximum Gasteiger partial charge on any atom is 0.248 e. The highest BCUT2D eigenvalue weighted by molar-refractivity contribution is 6.31. The van der Waals surface area contributed by atoms with Crippen molar-refractivity contribution in [2.75, 3.05) is 0 Å². The van der Waals surface area contributed by atoms with Crippen LogP contribution in [0.15, 0.2) is 35.0 Å². The highest BCUT2D eigenvalue weighted by Crippen LogP contribution is 2.22. The fourth-order valence-corrected chi connectivity index (χ4v) is 3.05. The molecule has 0 spiro atoms. The Labute approximate surface area is 163 Å². The molecule has 3 rings (SSSR count). The number of hydrogen-bond acceptors (Lipinski definition) is 4. The summed E-state index contributed by atoms with van der Waals surface area (Å²) in [4.78, 5) is 16.6. The van der Waals surface area contributed by atoms with Gasteiger partial charge in [0.2, 0.25) is 11.8 Å². The van der Waals surface area contributed by atoms with E-state index in [0.29, 0.717) is 18.1 Å². The molecule has 0 aliphatic carbocycles. The zero-order valence-electron chi connectivity index (χ0n) is 16.1. The van der Waals surface area contributed by atoms with E-state index in [1.807, 2.05) is 58.2 Å². The molecule has 0 unspecified atom stereocenters. The Hall–Kier alpha value is -2.34. The molecule has 0 bridgehead atoms. The molecule has 3 aromatic rings. The van der Waals surface area contributed by atoms with E-state index < -0.39 is 0 Å². The minimum Gasteiger partial charge on any atom is -0.347 e. The summed E-state index contributed by atoms with van der Waals surface area (Å²) in [5, 5.41) is 8.75. The topological polar surface area (TPSA) is 73.0 Å². The van der Waals surface area contributed by atoms with Crippen LogP contribution in [0, 0.1) is 0 Å². The molecule has 27 heavy (non-hydrogen) atoms. The van der Waals surface area contributed by atoms with Gasteiger partial charge in [0.25, 0.3) is 0 Å². The van der Waals surface area contributed by atoms with Crippen LogP contribution in [0.4, 0.5) is 0 Å². The number of rotatable bonds is 6. The monoisotopic (exact) mass is 388 g/mol. The summed E-state index contributed by atoms with van der Waals surface area (Å²) in [6.45, 7) is 8.67. The molecule has 0 radical (unpaired) electrons. The molecule has 0 aliphatic rings. The minimum atomic E-state index is -0.310. The summed E-state index contributed by atoms with van der Waals surface area (Å²) in [7, 11) is 0. The van der Waals surface area contributed by atoms with E-state index in [2.05, 4.69) is 20.0 Å². The van der Waals surface area contributed by atoms with Crippen LogP contribution in [0.1, 0.15) is 58.3 Å². The van der Waals surface area contributed by atoms with Crippen molar-refractivity contribution in [1.29, 1.82) is 0 Å². The molecule has 1 atom stereocenters. The fraction of sp³-hybridized carbons (Fsp3) is 0.450. The van der Waals surface area contributed by atoms with Gasteiger partial charge < -0.3 is 14.4 Å². The van der Waals surface area contributed by atoms with Crippen LogP contribution in [0.3, 0.4) is 0 Å². The average Bonchev–Trinajstić information content (AvgIpc) is 3.21. The van der Waals surface area contributed by atoms with E-state index in [0.717, 1.165) is 28.9 Å². The number of halogens is 1. The second-order valence-electron chi connectivity index (χ2n) is 7.81. The van der Waals surface area contributed by atoms with Crippen molar-refractivity contribution in [2.24, 2.45) is 0 Å². The Morgan fingerprint density at radius 2 is 2.11 bits per heavy atom. The molecule has 0 aliphatic heterocycles. The largest absolute Gasteiger partial charge is 0.347 e. The van der Waals surface area contributed by atoms with Gasteiger partial charge in [0, 0.05) is 40.5 Å². The number of nitrogens with one attached hydrogen (secondary N) is 1. The fourth-order valence-electron chi connectivity index (χ4n) is 2.87. The Bertz CT molecular complexity index is 939. The Kier molecular flexibility index (Phi) is 5.56. The van der Waals surface area contributed by atoms with Gasteiger partial charge >= 0.3 is 0 Å². The highest BCUT2D eigenvalue weighted by Gasteiger charge is 2.23. The van der Waals surface area contributed by atoms with Gasteiger partial charge in [-0.1, -0.05) is 37.5 Å². The molecular formula is C20H25ClN4O2. The van der Waals surface area contributed by atoms with Gasteiger partial charge in [0.15, 0.2) is 5.82 Å². The SMILES string of the molecule is C[C@@H](NC(=O)CCCn1ccc2cc(Cl)ccc21)c1nc(C(C)(C)C)no1. The third-order valence-electron chi connectivity index (χ3n) is 4.40. The summed E-state index contributed by atoms with van der Waals surface area (Å²) in [5.74, 6) is 1.04. The van der Waals surface area contributed by atoms with Crippen molar-refractivity contribution in [3.8, 4) is 0 Å². The minimum absolute atomic E-state index is 0.0301. The average molecular weight is 389 g/mol. The van der Waals surface area contributed by atoms with Crippen molar-refractivity contribution in [3.63, 3.8) is 0 Å². The van der Waals surface area contributed by atoms with Crippen LogP contribution in [0.5, 0.6) is 0 Å². The Morgan fingerprint density at radius 1 is 1.33 bits per heavy atom. The van der Waals surface area contributed by atoms with Gasteiger partial charge in [-0.15, -0.1) is 0 Å². The number of carbonyl (C=O) groups is 1. The quantitative estimate of drug-likeness (QED) is 0.668. The molecule has 0 saturated heterocycles. The van der Waals surface area contributed by atoms with Crippen LogP contribution in [0.25, 0.3) is 10.9 Å². The number of fused-ring (bicyclic) bond motifs is 1. The molecule has 144 valence electrons. The third-order valence-corrected chi connectivity index (χ3v) is 4.63. The highest BCUT2D eigenvalue weighted by atomic mass is 35.5. The number of benzene rings is 1. The van der Waals surface area contributed by atoms with Crippen molar-refractivity contribution in [1.82, 2.24) is 20.0 Å². The lowest BCUT2D eigenvalue weighted by Crippen LogP contribution is -2.27. The summed E-state index contributed by atoms with van der Waals surface area (Å²) in [6, 6.07) is 7.55. The molecular weight excluding hydrogens is 364 g/mol. The van der Waals surface area contributed by atoms with Gasteiger partial charge in [-0.05, 0) is 37.6 Å². The van der Waals surface area contributed by atoms with Crippen LogP contribution in [-0.4, -0.2) is 20.6 Å².